The van der Waals surface area contributed by atoms with Crippen molar-refractivity contribution in [2.75, 3.05) is 18.4 Å². The maximum Gasteiger partial charge on any atom is 0.00317 e. The molecule has 1 N–H and O–H groups in total. The Labute approximate surface area is 85.4 Å². The first kappa shape index (κ1) is 12.4. The molecule has 0 aliphatic rings. The van der Waals surface area contributed by atoms with E-state index in [0.717, 1.165) is 5.33 Å². The lowest BCUT2D eigenvalue weighted by Gasteiger charge is -2.02. The SMILES string of the molecule is CCCCCCNCCCCBr. The van der Waals surface area contributed by atoms with E-state index in [1.165, 1.54) is 51.6 Å². The molecule has 0 spiro atoms. The summed E-state index contributed by atoms with van der Waals surface area (Å²) in [6.45, 7) is 4.66. The van der Waals surface area contributed by atoms with Crippen molar-refractivity contribution in [2.45, 2.75) is 45.4 Å². The lowest BCUT2D eigenvalue weighted by Crippen LogP contribution is -2.16. The molecule has 0 aliphatic heterocycles. The third-order valence-electron chi connectivity index (χ3n) is 1.94. The number of hydrogen-bond donors (Lipinski definition) is 1. The molecule has 2 heteroatoms. The Balaban J connectivity index is 2.73. The van der Waals surface area contributed by atoms with E-state index in [-0.39, 0.29) is 0 Å². The molecule has 0 bridgehead atoms. The van der Waals surface area contributed by atoms with Gasteiger partial charge in [-0.3, -0.25) is 0 Å². The van der Waals surface area contributed by atoms with Gasteiger partial charge in [0.15, 0.2) is 0 Å². The average molecular weight is 236 g/mol. The number of nitrogens with one attached hydrogen (secondary N) is 1. The van der Waals surface area contributed by atoms with Crippen LogP contribution in [-0.2, 0) is 0 Å². The molecule has 0 saturated carbocycles. The van der Waals surface area contributed by atoms with Crippen LogP contribution in [0.15, 0.2) is 0 Å². The Morgan fingerprint density at radius 2 is 1.58 bits per heavy atom. The number of halogens is 1. The Kier molecular flexibility index (Phi) is 11.9. The Hall–Kier alpha value is 0.440. The summed E-state index contributed by atoms with van der Waals surface area (Å²) in [5.41, 5.74) is 0. The molecule has 1 nitrogen and oxygen atoms in total. The molecule has 0 atom stereocenters. The van der Waals surface area contributed by atoms with Gasteiger partial charge in [-0.2, -0.15) is 0 Å². The molecule has 0 aromatic heterocycles. The summed E-state index contributed by atoms with van der Waals surface area (Å²) >= 11 is 3.42. The van der Waals surface area contributed by atoms with Gasteiger partial charge in [-0.25, -0.2) is 0 Å². The summed E-state index contributed by atoms with van der Waals surface area (Å²) < 4.78 is 0. The van der Waals surface area contributed by atoms with Gasteiger partial charge in [0.25, 0.3) is 0 Å². The van der Waals surface area contributed by atoms with Crippen LogP contribution in [0.2, 0.25) is 0 Å². The molecule has 74 valence electrons. The highest BCUT2D eigenvalue weighted by Gasteiger charge is 1.88. The van der Waals surface area contributed by atoms with E-state index in [9.17, 15) is 0 Å². The average Bonchev–Trinajstić information content (AvgIpc) is 2.10. The fourth-order valence-corrected chi connectivity index (χ4v) is 1.54. The first-order valence-corrected chi connectivity index (χ1v) is 6.30. The minimum Gasteiger partial charge on any atom is -0.317 e. The van der Waals surface area contributed by atoms with Gasteiger partial charge in [-0.15, -0.1) is 0 Å². The fourth-order valence-electron chi connectivity index (χ4n) is 1.15. The molecule has 0 unspecified atom stereocenters. The van der Waals surface area contributed by atoms with E-state index in [0.29, 0.717) is 0 Å². The minimum atomic E-state index is 1.14. The third-order valence-corrected chi connectivity index (χ3v) is 2.51. The summed E-state index contributed by atoms with van der Waals surface area (Å²) in [5, 5.41) is 4.60. The molecule has 12 heavy (non-hydrogen) atoms. The molecule has 0 saturated heterocycles. The molecule has 0 radical (unpaired) electrons. The van der Waals surface area contributed by atoms with Gasteiger partial charge in [0.2, 0.25) is 0 Å². The molecular formula is C10H22BrN. The lowest BCUT2D eigenvalue weighted by atomic mass is 10.2. The number of hydrogen-bond acceptors (Lipinski definition) is 1. The second kappa shape index (κ2) is 11.4. The Morgan fingerprint density at radius 1 is 0.917 bits per heavy atom. The largest absolute Gasteiger partial charge is 0.317 e. The van der Waals surface area contributed by atoms with Crippen molar-refractivity contribution < 1.29 is 0 Å². The molecular weight excluding hydrogens is 214 g/mol. The molecule has 0 rings (SSSR count). The Morgan fingerprint density at radius 3 is 2.17 bits per heavy atom. The Bertz CT molecular complexity index is 66.2. The minimum absolute atomic E-state index is 1.14. The molecule has 0 aliphatic carbocycles. The van der Waals surface area contributed by atoms with Crippen molar-refractivity contribution in [3.05, 3.63) is 0 Å². The third kappa shape index (κ3) is 10.4. The van der Waals surface area contributed by atoms with Gasteiger partial charge >= 0.3 is 0 Å². The van der Waals surface area contributed by atoms with Crippen LogP contribution in [0, 0.1) is 0 Å². The normalized spacial score (nSPS) is 10.5. The van der Waals surface area contributed by atoms with Crippen LogP contribution in [-0.4, -0.2) is 18.4 Å². The van der Waals surface area contributed by atoms with Crippen molar-refractivity contribution >= 4 is 15.9 Å². The lowest BCUT2D eigenvalue weighted by molar-refractivity contribution is 0.583. The van der Waals surface area contributed by atoms with Crippen LogP contribution in [0.4, 0.5) is 0 Å². The van der Waals surface area contributed by atoms with E-state index >= 15 is 0 Å². The predicted molar refractivity (Wildman–Crippen MR) is 60.0 cm³/mol. The van der Waals surface area contributed by atoms with Gasteiger partial charge in [0.05, 0.1) is 0 Å². The fraction of sp³-hybridized carbons (Fsp3) is 1.00. The smallest absolute Gasteiger partial charge is 0.00317 e. The second-order valence-corrected chi connectivity index (χ2v) is 4.00. The van der Waals surface area contributed by atoms with Gasteiger partial charge in [0, 0.05) is 5.33 Å². The monoisotopic (exact) mass is 235 g/mol. The van der Waals surface area contributed by atoms with Crippen LogP contribution >= 0.6 is 15.9 Å². The molecule has 0 aromatic carbocycles. The van der Waals surface area contributed by atoms with E-state index in [4.69, 9.17) is 0 Å². The number of rotatable bonds is 9. The molecule has 0 heterocycles. The van der Waals surface area contributed by atoms with Crippen LogP contribution in [0.1, 0.15) is 45.4 Å². The summed E-state index contributed by atoms with van der Waals surface area (Å²) in [6, 6.07) is 0. The van der Waals surface area contributed by atoms with Gasteiger partial charge < -0.3 is 5.32 Å². The van der Waals surface area contributed by atoms with Crippen LogP contribution in [0.3, 0.4) is 0 Å². The van der Waals surface area contributed by atoms with Crippen LogP contribution < -0.4 is 5.32 Å². The van der Waals surface area contributed by atoms with Gasteiger partial charge in [0.1, 0.15) is 0 Å². The summed E-state index contributed by atoms with van der Waals surface area (Å²) in [6.07, 6.45) is 8.07. The maximum absolute atomic E-state index is 3.46. The quantitative estimate of drug-likeness (QED) is 0.478. The van der Waals surface area contributed by atoms with Crippen molar-refractivity contribution in [2.24, 2.45) is 0 Å². The van der Waals surface area contributed by atoms with Crippen molar-refractivity contribution in [1.29, 1.82) is 0 Å². The van der Waals surface area contributed by atoms with E-state index in [1.54, 1.807) is 0 Å². The summed E-state index contributed by atoms with van der Waals surface area (Å²) in [4.78, 5) is 0. The summed E-state index contributed by atoms with van der Waals surface area (Å²) in [5.74, 6) is 0. The predicted octanol–water partition coefficient (Wildman–Crippen LogP) is 3.33. The topological polar surface area (TPSA) is 12.0 Å². The van der Waals surface area contributed by atoms with Gasteiger partial charge in [-0.05, 0) is 32.4 Å². The second-order valence-electron chi connectivity index (χ2n) is 3.21. The number of unbranched alkanes of at least 4 members (excludes halogenated alkanes) is 4. The van der Waals surface area contributed by atoms with Gasteiger partial charge in [-0.1, -0.05) is 42.1 Å². The standard InChI is InChI=1S/C10H22BrN/c1-2-3-4-6-9-12-10-7-5-8-11/h12H,2-10H2,1H3. The number of alkyl halides is 1. The van der Waals surface area contributed by atoms with E-state index in [1.807, 2.05) is 0 Å². The zero-order valence-electron chi connectivity index (χ0n) is 8.24. The first-order valence-electron chi connectivity index (χ1n) is 5.18. The molecule has 0 fully saturated rings. The molecule has 0 aromatic rings. The zero-order valence-corrected chi connectivity index (χ0v) is 9.83. The van der Waals surface area contributed by atoms with Crippen LogP contribution in [0.5, 0.6) is 0 Å². The zero-order chi connectivity index (χ0) is 9.07. The van der Waals surface area contributed by atoms with Crippen molar-refractivity contribution in [3.8, 4) is 0 Å². The molecule has 0 amide bonds. The van der Waals surface area contributed by atoms with Crippen molar-refractivity contribution in [1.82, 2.24) is 5.32 Å². The highest BCUT2D eigenvalue weighted by molar-refractivity contribution is 9.09. The highest BCUT2D eigenvalue weighted by atomic mass is 79.9. The van der Waals surface area contributed by atoms with Crippen molar-refractivity contribution in [3.63, 3.8) is 0 Å². The van der Waals surface area contributed by atoms with E-state index < -0.39 is 0 Å². The highest BCUT2D eigenvalue weighted by Crippen LogP contribution is 1.97. The first-order chi connectivity index (χ1) is 5.91. The van der Waals surface area contributed by atoms with E-state index in [2.05, 4.69) is 28.2 Å². The maximum atomic E-state index is 3.46. The summed E-state index contributed by atoms with van der Waals surface area (Å²) in [7, 11) is 0. The van der Waals surface area contributed by atoms with Crippen LogP contribution in [0.25, 0.3) is 0 Å².